The van der Waals surface area contributed by atoms with Crippen LogP contribution in [0.1, 0.15) is 29.5 Å². The minimum atomic E-state index is -0.172. The van der Waals surface area contributed by atoms with Crippen molar-refractivity contribution >= 4 is 23.3 Å². The Hall–Kier alpha value is -2.00. The summed E-state index contributed by atoms with van der Waals surface area (Å²) in [6.07, 6.45) is 2.24. The Morgan fingerprint density at radius 1 is 1.13 bits per heavy atom. The molecule has 0 heterocycles. The number of carbonyl (C=O) groups is 1. The summed E-state index contributed by atoms with van der Waals surface area (Å²) in [6, 6.07) is 13.9. The van der Waals surface area contributed by atoms with Gasteiger partial charge in [0.25, 0.3) is 0 Å². The molecular formula is C19H21ClN2O. The molecule has 0 spiro atoms. The van der Waals surface area contributed by atoms with Gasteiger partial charge >= 0.3 is 6.03 Å². The van der Waals surface area contributed by atoms with E-state index >= 15 is 0 Å². The van der Waals surface area contributed by atoms with Crippen LogP contribution in [0, 0.1) is 13.8 Å². The van der Waals surface area contributed by atoms with Gasteiger partial charge in [-0.2, -0.15) is 0 Å². The lowest BCUT2D eigenvalue weighted by atomic mass is 9.95. The molecule has 0 saturated heterocycles. The Balaban J connectivity index is 1.59. The fourth-order valence-electron chi connectivity index (χ4n) is 2.81. The average Bonchev–Trinajstić information content (AvgIpc) is 3.30. The number of nitrogens with one attached hydrogen (secondary N) is 2. The topological polar surface area (TPSA) is 41.1 Å². The highest BCUT2D eigenvalue weighted by molar-refractivity contribution is 6.30. The Morgan fingerprint density at radius 3 is 2.43 bits per heavy atom. The first-order valence-corrected chi connectivity index (χ1v) is 8.24. The molecule has 0 bridgehead atoms. The Morgan fingerprint density at radius 2 is 1.83 bits per heavy atom. The molecule has 2 aromatic rings. The van der Waals surface area contributed by atoms with Gasteiger partial charge in [0.15, 0.2) is 0 Å². The van der Waals surface area contributed by atoms with E-state index in [1.807, 2.05) is 19.1 Å². The second-order valence-electron chi connectivity index (χ2n) is 6.41. The highest BCUT2D eigenvalue weighted by atomic mass is 35.5. The van der Waals surface area contributed by atoms with Crippen LogP contribution >= 0.6 is 11.6 Å². The lowest BCUT2D eigenvalue weighted by Crippen LogP contribution is -2.35. The van der Waals surface area contributed by atoms with Crippen LogP contribution in [-0.2, 0) is 5.41 Å². The highest BCUT2D eigenvalue weighted by Crippen LogP contribution is 2.47. The van der Waals surface area contributed by atoms with Gasteiger partial charge in [0.1, 0.15) is 0 Å². The third-order valence-corrected chi connectivity index (χ3v) is 4.78. The number of hydrogen-bond acceptors (Lipinski definition) is 1. The van der Waals surface area contributed by atoms with Gasteiger partial charge in [0.05, 0.1) is 0 Å². The zero-order chi connectivity index (χ0) is 16.4. The second-order valence-corrected chi connectivity index (χ2v) is 6.85. The van der Waals surface area contributed by atoms with Crippen molar-refractivity contribution in [2.75, 3.05) is 11.9 Å². The predicted molar refractivity (Wildman–Crippen MR) is 95.3 cm³/mol. The van der Waals surface area contributed by atoms with Crippen molar-refractivity contribution in [1.82, 2.24) is 5.32 Å². The van der Waals surface area contributed by atoms with Crippen LogP contribution in [0.25, 0.3) is 0 Å². The van der Waals surface area contributed by atoms with Crippen molar-refractivity contribution in [2.45, 2.75) is 32.1 Å². The van der Waals surface area contributed by atoms with Crippen LogP contribution in [0.3, 0.4) is 0 Å². The number of amides is 2. The minimum Gasteiger partial charge on any atom is -0.337 e. The van der Waals surface area contributed by atoms with Gasteiger partial charge in [0.2, 0.25) is 0 Å². The van der Waals surface area contributed by atoms with Crippen molar-refractivity contribution in [2.24, 2.45) is 0 Å². The largest absolute Gasteiger partial charge is 0.337 e. The van der Waals surface area contributed by atoms with Crippen molar-refractivity contribution in [1.29, 1.82) is 0 Å². The van der Waals surface area contributed by atoms with Crippen LogP contribution in [0.4, 0.5) is 10.5 Å². The normalized spacial score (nSPS) is 15.1. The monoisotopic (exact) mass is 328 g/mol. The fraction of sp³-hybridized carbons (Fsp3) is 0.316. The Kier molecular flexibility index (Phi) is 4.31. The SMILES string of the molecule is Cc1ccc(C2(CNC(=O)Nc3ccc(Cl)cc3C)CC2)cc1. The van der Waals surface area contributed by atoms with Gasteiger partial charge < -0.3 is 10.6 Å². The molecule has 2 amide bonds. The van der Waals surface area contributed by atoms with Gasteiger partial charge in [-0.3, -0.25) is 0 Å². The van der Waals surface area contributed by atoms with Gasteiger partial charge in [-0.25, -0.2) is 4.79 Å². The number of hydrogen-bond donors (Lipinski definition) is 2. The molecule has 2 N–H and O–H groups in total. The van der Waals surface area contributed by atoms with E-state index < -0.39 is 0 Å². The fourth-order valence-corrected chi connectivity index (χ4v) is 3.04. The quantitative estimate of drug-likeness (QED) is 0.830. The third kappa shape index (κ3) is 3.67. The van der Waals surface area contributed by atoms with E-state index in [0.717, 1.165) is 24.1 Å². The van der Waals surface area contributed by atoms with Crippen LogP contribution < -0.4 is 10.6 Å². The molecule has 3 rings (SSSR count). The van der Waals surface area contributed by atoms with E-state index in [9.17, 15) is 4.79 Å². The molecule has 23 heavy (non-hydrogen) atoms. The van der Waals surface area contributed by atoms with Crippen molar-refractivity contribution in [3.05, 3.63) is 64.2 Å². The van der Waals surface area contributed by atoms with Crippen molar-refractivity contribution in [3.8, 4) is 0 Å². The number of carbonyl (C=O) groups excluding carboxylic acids is 1. The number of halogens is 1. The molecule has 0 aromatic heterocycles. The maximum atomic E-state index is 12.2. The molecular weight excluding hydrogens is 308 g/mol. The first-order chi connectivity index (χ1) is 11.0. The van der Waals surface area contributed by atoms with Crippen LogP contribution in [-0.4, -0.2) is 12.6 Å². The van der Waals surface area contributed by atoms with E-state index in [2.05, 4.69) is 41.8 Å². The molecule has 0 unspecified atom stereocenters. The molecule has 1 fully saturated rings. The summed E-state index contributed by atoms with van der Waals surface area (Å²) in [6.45, 7) is 4.67. The average molecular weight is 329 g/mol. The van der Waals surface area contributed by atoms with Crippen molar-refractivity contribution in [3.63, 3.8) is 0 Å². The zero-order valence-corrected chi connectivity index (χ0v) is 14.2. The summed E-state index contributed by atoms with van der Waals surface area (Å²) in [5, 5.41) is 6.57. The molecule has 2 aromatic carbocycles. The molecule has 0 radical (unpaired) electrons. The first-order valence-electron chi connectivity index (χ1n) is 7.87. The summed E-state index contributed by atoms with van der Waals surface area (Å²) in [4.78, 5) is 12.2. The third-order valence-electron chi connectivity index (χ3n) is 4.54. The lowest BCUT2D eigenvalue weighted by molar-refractivity contribution is 0.251. The lowest BCUT2D eigenvalue weighted by Gasteiger charge is -2.17. The van der Waals surface area contributed by atoms with Crippen LogP contribution in [0.5, 0.6) is 0 Å². The standard InChI is InChI=1S/C19H21ClN2O/c1-13-3-5-15(6-4-13)19(9-10-19)12-21-18(23)22-17-8-7-16(20)11-14(17)2/h3-8,11H,9-10,12H2,1-2H3,(H2,21,22,23). The van der Waals surface area contributed by atoms with E-state index in [-0.39, 0.29) is 11.4 Å². The molecule has 4 heteroatoms. The van der Waals surface area contributed by atoms with Crippen LogP contribution in [0.2, 0.25) is 5.02 Å². The molecule has 1 saturated carbocycles. The summed E-state index contributed by atoms with van der Waals surface area (Å²) in [5.74, 6) is 0. The van der Waals surface area contributed by atoms with Crippen LogP contribution in [0.15, 0.2) is 42.5 Å². The molecule has 3 nitrogen and oxygen atoms in total. The Bertz CT molecular complexity index is 721. The smallest absolute Gasteiger partial charge is 0.319 e. The minimum absolute atomic E-state index is 0.111. The molecule has 0 aliphatic heterocycles. The summed E-state index contributed by atoms with van der Waals surface area (Å²) in [5.41, 5.74) is 4.42. The van der Waals surface area contributed by atoms with Gasteiger partial charge in [-0.15, -0.1) is 0 Å². The molecule has 120 valence electrons. The summed E-state index contributed by atoms with van der Waals surface area (Å²) in [7, 11) is 0. The first kappa shape index (κ1) is 15.9. The zero-order valence-electron chi connectivity index (χ0n) is 13.4. The van der Waals surface area contributed by atoms with Gasteiger partial charge in [-0.1, -0.05) is 41.4 Å². The van der Waals surface area contributed by atoms with Crippen molar-refractivity contribution < 1.29 is 4.79 Å². The highest BCUT2D eigenvalue weighted by Gasteiger charge is 2.44. The number of benzene rings is 2. The summed E-state index contributed by atoms with van der Waals surface area (Å²) < 4.78 is 0. The van der Waals surface area contributed by atoms with Gasteiger partial charge in [-0.05, 0) is 56.0 Å². The van der Waals surface area contributed by atoms with E-state index in [4.69, 9.17) is 11.6 Å². The van der Waals surface area contributed by atoms with E-state index in [1.54, 1.807) is 6.07 Å². The molecule has 0 atom stereocenters. The van der Waals surface area contributed by atoms with Gasteiger partial charge in [0, 0.05) is 22.7 Å². The molecule has 1 aliphatic carbocycles. The second kappa shape index (κ2) is 6.25. The predicted octanol–water partition coefficient (Wildman–Crippen LogP) is 4.81. The number of rotatable bonds is 4. The maximum Gasteiger partial charge on any atom is 0.319 e. The number of urea groups is 1. The van der Waals surface area contributed by atoms with E-state index in [0.29, 0.717) is 11.6 Å². The molecule has 1 aliphatic rings. The maximum absolute atomic E-state index is 12.2. The number of aryl methyl sites for hydroxylation is 2. The van der Waals surface area contributed by atoms with E-state index in [1.165, 1.54) is 11.1 Å². The number of anilines is 1. The summed E-state index contributed by atoms with van der Waals surface area (Å²) >= 11 is 5.93. The Labute approximate surface area is 142 Å².